The SMILES string of the molecule is CCC(Sc1ccc(Cl)cc1)C(=O)NCc1cc(OC)c(OC)c(OC)c1. The third-order valence-electron chi connectivity index (χ3n) is 3.95. The number of hydrogen-bond acceptors (Lipinski definition) is 5. The van der Waals surface area contributed by atoms with Gasteiger partial charge in [0.2, 0.25) is 11.7 Å². The number of halogens is 1. The molecule has 0 radical (unpaired) electrons. The van der Waals surface area contributed by atoms with Gasteiger partial charge in [-0.25, -0.2) is 0 Å². The van der Waals surface area contributed by atoms with Gasteiger partial charge < -0.3 is 19.5 Å². The zero-order valence-electron chi connectivity index (χ0n) is 15.9. The Balaban J connectivity index is 2.05. The number of carbonyl (C=O) groups is 1. The molecule has 0 bridgehead atoms. The molecule has 5 nitrogen and oxygen atoms in total. The Labute approximate surface area is 169 Å². The van der Waals surface area contributed by atoms with E-state index in [1.165, 1.54) is 11.8 Å². The lowest BCUT2D eigenvalue weighted by Gasteiger charge is -2.17. The molecular weight excluding hydrogens is 386 g/mol. The summed E-state index contributed by atoms with van der Waals surface area (Å²) in [6.07, 6.45) is 0.717. The Kier molecular flexibility index (Phi) is 8.13. The van der Waals surface area contributed by atoms with Crippen molar-refractivity contribution in [3.63, 3.8) is 0 Å². The summed E-state index contributed by atoms with van der Waals surface area (Å²) in [7, 11) is 4.69. The molecule has 0 fully saturated rings. The van der Waals surface area contributed by atoms with Crippen LogP contribution in [0.5, 0.6) is 17.2 Å². The van der Waals surface area contributed by atoms with Gasteiger partial charge in [-0.3, -0.25) is 4.79 Å². The first-order valence-electron chi connectivity index (χ1n) is 8.51. The van der Waals surface area contributed by atoms with E-state index in [0.29, 0.717) is 35.2 Å². The van der Waals surface area contributed by atoms with E-state index in [-0.39, 0.29) is 11.2 Å². The Hall–Kier alpha value is -2.05. The van der Waals surface area contributed by atoms with Crippen molar-refractivity contribution >= 4 is 29.3 Å². The van der Waals surface area contributed by atoms with Crippen LogP contribution in [0, 0.1) is 0 Å². The maximum atomic E-state index is 12.6. The highest BCUT2D eigenvalue weighted by atomic mass is 35.5. The topological polar surface area (TPSA) is 56.8 Å². The summed E-state index contributed by atoms with van der Waals surface area (Å²) in [5, 5.41) is 3.48. The van der Waals surface area contributed by atoms with Gasteiger partial charge in [-0.15, -0.1) is 11.8 Å². The molecule has 2 rings (SSSR count). The first kappa shape index (κ1) is 21.3. The molecule has 0 aliphatic carbocycles. The van der Waals surface area contributed by atoms with Gasteiger partial charge in [0, 0.05) is 16.5 Å². The minimum absolute atomic E-state index is 0.0220. The first-order valence-corrected chi connectivity index (χ1v) is 9.76. The van der Waals surface area contributed by atoms with Crippen LogP contribution in [0.25, 0.3) is 0 Å². The van der Waals surface area contributed by atoms with Crippen LogP contribution >= 0.6 is 23.4 Å². The van der Waals surface area contributed by atoms with Crippen LogP contribution < -0.4 is 19.5 Å². The first-order chi connectivity index (χ1) is 13.0. The van der Waals surface area contributed by atoms with Crippen molar-refractivity contribution in [1.29, 1.82) is 0 Å². The molecule has 1 amide bonds. The van der Waals surface area contributed by atoms with E-state index < -0.39 is 0 Å². The van der Waals surface area contributed by atoms with Crippen LogP contribution in [0.3, 0.4) is 0 Å². The van der Waals surface area contributed by atoms with Crippen molar-refractivity contribution in [3.8, 4) is 17.2 Å². The maximum Gasteiger partial charge on any atom is 0.233 e. The van der Waals surface area contributed by atoms with Gasteiger partial charge in [-0.05, 0) is 48.4 Å². The second-order valence-electron chi connectivity index (χ2n) is 5.72. The van der Waals surface area contributed by atoms with E-state index in [1.54, 1.807) is 21.3 Å². The lowest BCUT2D eigenvalue weighted by molar-refractivity contribution is -0.120. The minimum Gasteiger partial charge on any atom is -0.493 e. The van der Waals surface area contributed by atoms with Crippen molar-refractivity contribution in [2.75, 3.05) is 21.3 Å². The highest BCUT2D eigenvalue weighted by Crippen LogP contribution is 2.38. The standard InChI is InChI=1S/C20H24ClNO4S/c1-5-18(27-15-8-6-14(21)7-9-15)20(23)22-12-13-10-16(24-2)19(26-4)17(11-13)25-3/h6-11,18H,5,12H2,1-4H3,(H,22,23). The molecule has 7 heteroatoms. The summed E-state index contributed by atoms with van der Waals surface area (Å²) in [5.41, 5.74) is 0.865. The number of ether oxygens (including phenoxy) is 3. The van der Waals surface area contributed by atoms with Crippen LogP contribution in [0.1, 0.15) is 18.9 Å². The third kappa shape index (κ3) is 5.71. The van der Waals surface area contributed by atoms with Crippen molar-refractivity contribution in [2.24, 2.45) is 0 Å². The maximum absolute atomic E-state index is 12.6. The average Bonchev–Trinajstić information content (AvgIpc) is 2.70. The number of benzene rings is 2. The van der Waals surface area contributed by atoms with Crippen LogP contribution in [0.2, 0.25) is 5.02 Å². The summed E-state index contributed by atoms with van der Waals surface area (Å²) in [5.74, 6) is 1.62. The number of methoxy groups -OCH3 is 3. The second kappa shape index (κ2) is 10.3. The zero-order chi connectivity index (χ0) is 19.8. The van der Waals surface area contributed by atoms with Crippen molar-refractivity contribution < 1.29 is 19.0 Å². The van der Waals surface area contributed by atoms with Crippen LogP contribution in [-0.2, 0) is 11.3 Å². The molecule has 2 aromatic carbocycles. The quantitative estimate of drug-likeness (QED) is 0.615. The average molecular weight is 410 g/mol. The number of carbonyl (C=O) groups excluding carboxylic acids is 1. The molecule has 0 aliphatic heterocycles. The fourth-order valence-electron chi connectivity index (χ4n) is 2.54. The number of nitrogens with one attached hydrogen (secondary N) is 1. The van der Waals surface area contributed by atoms with Gasteiger partial charge >= 0.3 is 0 Å². The highest BCUT2D eigenvalue weighted by Gasteiger charge is 2.19. The van der Waals surface area contributed by atoms with Gasteiger partial charge in [-0.1, -0.05) is 18.5 Å². The summed E-state index contributed by atoms with van der Waals surface area (Å²) < 4.78 is 16.0. The van der Waals surface area contributed by atoms with Crippen molar-refractivity contribution in [3.05, 3.63) is 47.0 Å². The van der Waals surface area contributed by atoms with Crippen molar-refractivity contribution in [1.82, 2.24) is 5.32 Å². The van der Waals surface area contributed by atoms with Gasteiger partial charge in [-0.2, -0.15) is 0 Å². The van der Waals surface area contributed by atoms with E-state index >= 15 is 0 Å². The molecule has 0 aliphatic rings. The number of rotatable bonds is 9. The largest absolute Gasteiger partial charge is 0.493 e. The Morgan fingerprint density at radius 1 is 1.07 bits per heavy atom. The molecule has 146 valence electrons. The molecule has 27 heavy (non-hydrogen) atoms. The Morgan fingerprint density at radius 3 is 2.15 bits per heavy atom. The molecule has 1 N–H and O–H groups in total. The van der Waals surface area contributed by atoms with Crippen LogP contribution in [0.4, 0.5) is 0 Å². The predicted molar refractivity (Wildman–Crippen MR) is 109 cm³/mol. The summed E-state index contributed by atoms with van der Waals surface area (Å²) >= 11 is 7.44. The molecule has 2 aromatic rings. The van der Waals surface area contributed by atoms with E-state index in [4.69, 9.17) is 25.8 Å². The molecule has 0 saturated carbocycles. The van der Waals surface area contributed by atoms with Crippen LogP contribution in [-0.4, -0.2) is 32.5 Å². The highest BCUT2D eigenvalue weighted by molar-refractivity contribution is 8.00. The number of thioether (sulfide) groups is 1. The van der Waals surface area contributed by atoms with Crippen LogP contribution in [0.15, 0.2) is 41.3 Å². The molecule has 0 aromatic heterocycles. The molecule has 1 atom stereocenters. The van der Waals surface area contributed by atoms with Gasteiger partial charge in [0.15, 0.2) is 11.5 Å². The fraction of sp³-hybridized carbons (Fsp3) is 0.350. The van der Waals surface area contributed by atoms with E-state index in [0.717, 1.165) is 10.5 Å². The Morgan fingerprint density at radius 2 is 1.67 bits per heavy atom. The lowest BCUT2D eigenvalue weighted by Crippen LogP contribution is -2.31. The monoisotopic (exact) mass is 409 g/mol. The van der Waals surface area contributed by atoms with E-state index in [2.05, 4.69) is 5.32 Å². The fourth-order valence-corrected chi connectivity index (χ4v) is 3.64. The molecule has 0 saturated heterocycles. The van der Waals surface area contributed by atoms with Gasteiger partial charge in [0.05, 0.1) is 26.6 Å². The normalized spacial score (nSPS) is 11.6. The smallest absolute Gasteiger partial charge is 0.233 e. The molecule has 0 heterocycles. The predicted octanol–water partition coefficient (Wildman–Crippen LogP) is 4.55. The van der Waals surface area contributed by atoms with Crippen molar-refractivity contribution in [2.45, 2.75) is 30.0 Å². The summed E-state index contributed by atoms with van der Waals surface area (Å²) in [4.78, 5) is 13.6. The summed E-state index contributed by atoms with van der Waals surface area (Å²) in [6, 6.07) is 11.1. The van der Waals surface area contributed by atoms with E-state index in [1.807, 2.05) is 43.3 Å². The number of hydrogen-bond donors (Lipinski definition) is 1. The second-order valence-corrected chi connectivity index (χ2v) is 7.43. The lowest BCUT2D eigenvalue weighted by atomic mass is 10.1. The third-order valence-corrected chi connectivity index (χ3v) is 5.57. The molecular formula is C20H24ClNO4S. The van der Waals surface area contributed by atoms with Gasteiger partial charge in [0.1, 0.15) is 0 Å². The number of amides is 1. The summed E-state index contributed by atoms with van der Waals surface area (Å²) in [6.45, 7) is 2.36. The zero-order valence-corrected chi connectivity index (χ0v) is 17.4. The van der Waals surface area contributed by atoms with Gasteiger partial charge in [0.25, 0.3) is 0 Å². The molecule has 0 spiro atoms. The molecule has 1 unspecified atom stereocenters. The van der Waals surface area contributed by atoms with E-state index in [9.17, 15) is 4.79 Å². The Bertz CT molecular complexity index is 742. The minimum atomic E-state index is -0.187.